The summed E-state index contributed by atoms with van der Waals surface area (Å²) in [4.78, 5) is 2.28. The van der Waals surface area contributed by atoms with Crippen molar-refractivity contribution in [1.29, 1.82) is 5.26 Å². The number of hydrogen-bond acceptors (Lipinski definition) is 4. The van der Waals surface area contributed by atoms with E-state index in [4.69, 9.17) is 14.7 Å². The maximum absolute atomic E-state index is 8.82. The van der Waals surface area contributed by atoms with Crippen LogP contribution in [-0.2, 0) is 9.47 Å². The number of morpholine rings is 1. The van der Waals surface area contributed by atoms with E-state index in [1.54, 1.807) is 0 Å². The normalized spacial score (nSPS) is 34.8. The molecular formula is C12H20N2O2. The van der Waals surface area contributed by atoms with Gasteiger partial charge in [0.15, 0.2) is 6.10 Å². The molecule has 2 aliphatic heterocycles. The number of nitrogens with zero attached hydrogens (tertiary/aromatic N) is 2. The van der Waals surface area contributed by atoms with Crippen LogP contribution in [0.4, 0.5) is 0 Å². The van der Waals surface area contributed by atoms with Crippen LogP contribution in [0.3, 0.4) is 0 Å². The molecule has 2 heterocycles. The van der Waals surface area contributed by atoms with Gasteiger partial charge < -0.3 is 9.47 Å². The van der Waals surface area contributed by atoms with Crippen LogP contribution in [0, 0.1) is 11.3 Å². The molecule has 4 nitrogen and oxygen atoms in total. The molecule has 0 aromatic rings. The molecule has 2 rings (SSSR count). The van der Waals surface area contributed by atoms with E-state index in [1.807, 2.05) is 0 Å². The first-order valence-electron chi connectivity index (χ1n) is 6.00. The van der Waals surface area contributed by atoms with Gasteiger partial charge in [-0.1, -0.05) is 0 Å². The zero-order valence-corrected chi connectivity index (χ0v) is 10.1. The van der Waals surface area contributed by atoms with Gasteiger partial charge in [-0.15, -0.1) is 0 Å². The Labute approximate surface area is 97.1 Å². The van der Waals surface area contributed by atoms with Gasteiger partial charge in [0.05, 0.1) is 24.4 Å². The van der Waals surface area contributed by atoms with Crippen molar-refractivity contribution in [3.05, 3.63) is 0 Å². The summed E-state index contributed by atoms with van der Waals surface area (Å²) in [5.41, 5.74) is 0.0333. The summed E-state index contributed by atoms with van der Waals surface area (Å²) in [7, 11) is 0. The summed E-state index contributed by atoms with van der Waals surface area (Å²) in [6.45, 7) is 7.52. The van der Waals surface area contributed by atoms with Crippen molar-refractivity contribution in [3.63, 3.8) is 0 Å². The Morgan fingerprint density at radius 2 is 2.31 bits per heavy atom. The monoisotopic (exact) mass is 224 g/mol. The van der Waals surface area contributed by atoms with E-state index in [2.05, 4.69) is 24.8 Å². The van der Waals surface area contributed by atoms with E-state index in [-0.39, 0.29) is 11.7 Å². The van der Waals surface area contributed by atoms with Crippen molar-refractivity contribution in [1.82, 2.24) is 4.90 Å². The highest BCUT2D eigenvalue weighted by Gasteiger charge is 2.33. The van der Waals surface area contributed by atoms with E-state index in [0.29, 0.717) is 12.7 Å². The fraction of sp³-hybridized carbons (Fsp3) is 0.917. The lowest BCUT2D eigenvalue weighted by Crippen LogP contribution is -2.45. The second kappa shape index (κ2) is 4.70. The number of ether oxygens (including phenoxy) is 2. The fourth-order valence-corrected chi connectivity index (χ4v) is 2.44. The molecule has 0 spiro atoms. The van der Waals surface area contributed by atoms with Crippen LogP contribution in [0.2, 0.25) is 0 Å². The maximum atomic E-state index is 8.82. The molecule has 0 aromatic carbocycles. The molecule has 2 fully saturated rings. The quantitative estimate of drug-likeness (QED) is 0.706. The summed E-state index contributed by atoms with van der Waals surface area (Å²) >= 11 is 0. The van der Waals surface area contributed by atoms with Crippen molar-refractivity contribution < 1.29 is 9.47 Å². The molecule has 2 saturated heterocycles. The first-order chi connectivity index (χ1) is 7.59. The fourth-order valence-electron chi connectivity index (χ4n) is 2.44. The Kier molecular flexibility index (Phi) is 3.48. The third-order valence-corrected chi connectivity index (χ3v) is 3.31. The van der Waals surface area contributed by atoms with Crippen LogP contribution in [0.1, 0.15) is 26.7 Å². The second-order valence-electron chi connectivity index (χ2n) is 5.29. The highest BCUT2D eigenvalue weighted by atomic mass is 16.5. The molecule has 0 amide bonds. The lowest BCUT2D eigenvalue weighted by Gasteiger charge is -2.31. The van der Waals surface area contributed by atoms with Gasteiger partial charge >= 0.3 is 0 Å². The van der Waals surface area contributed by atoms with Crippen molar-refractivity contribution in [2.75, 3.05) is 26.2 Å². The Balaban J connectivity index is 1.80. The zero-order valence-electron chi connectivity index (χ0n) is 10.1. The van der Waals surface area contributed by atoms with E-state index in [9.17, 15) is 0 Å². The molecule has 90 valence electrons. The van der Waals surface area contributed by atoms with Crippen molar-refractivity contribution >= 4 is 0 Å². The number of rotatable bonds is 2. The second-order valence-corrected chi connectivity index (χ2v) is 5.29. The highest BCUT2D eigenvalue weighted by molar-refractivity contribution is 4.90. The van der Waals surface area contributed by atoms with Gasteiger partial charge in [-0.25, -0.2) is 0 Å². The molecule has 2 atom stereocenters. The molecule has 0 aliphatic carbocycles. The van der Waals surface area contributed by atoms with Crippen molar-refractivity contribution in [3.8, 4) is 6.07 Å². The first-order valence-corrected chi connectivity index (χ1v) is 6.00. The SMILES string of the molecule is CC1(C)CCC(CN2CCOC(C#N)C2)O1. The van der Waals surface area contributed by atoms with Gasteiger partial charge in [0, 0.05) is 19.6 Å². The van der Waals surface area contributed by atoms with Gasteiger partial charge in [0.1, 0.15) is 0 Å². The van der Waals surface area contributed by atoms with Crippen molar-refractivity contribution in [2.24, 2.45) is 0 Å². The summed E-state index contributed by atoms with van der Waals surface area (Å²) < 4.78 is 11.3. The van der Waals surface area contributed by atoms with Gasteiger partial charge in [0.2, 0.25) is 0 Å². The van der Waals surface area contributed by atoms with Crippen LogP contribution in [0.15, 0.2) is 0 Å². The number of hydrogen-bond donors (Lipinski definition) is 0. The standard InChI is InChI=1S/C12H20N2O2/c1-12(2)4-3-10(16-12)8-14-5-6-15-11(7-13)9-14/h10-11H,3-6,8-9H2,1-2H3. The van der Waals surface area contributed by atoms with E-state index >= 15 is 0 Å². The predicted molar refractivity (Wildman–Crippen MR) is 60.0 cm³/mol. The molecule has 2 aliphatic rings. The highest BCUT2D eigenvalue weighted by Crippen LogP contribution is 2.29. The Hall–Kier alpha value is -0.630. The third kappa shape index (κ3) is 2.94. The number of nitriles is 1. The molecule has 0 saturated carbocycles. The van der Waals surface area contributed by atoms with Gasteiger partial charge in [-0.05, 0) is 26.7 Å². The van der Waals surface area contributed by atoms with Crippen LogP contribution < -0.4 is 0 Å². The lowest BCUT2D eigenvalue weighted by molar-refractivity contribution is -0.0528. The van der Waals surface area contributed by atoms with Crippen LogP contribution in [0.25, 0.3) is 0 Å². The minimum atomic E-state index is -0.261. The van der Waals surface area contributed by atoms with Gasteiger partial charge in [-0.2, -0.15) is 5.26 Å². The molecule has 0 bridgehead atoms. The van der Waals surface area contributed by atoms with Crippen LogP contribution in [0.5, 0.6) is 0 Å². The lowest BCUT2D eigenvalue weighted by atomic mass is 10.1. The van der Waals surface area contributed by atoms with Crippen molar-refractivity contribution in [2.45, 2.75) is 44.5 Å². The molecule has 4 heteroatoms. The molecule has 16 heavy (non-hydrogen) atoms. The average molecular weight is 224 g/mol. The molecule has 2 unspecified atom stereocenters. The minimum absolute atomic E-state index is 0.0333. The smallest absolute Gasteiger partial charge is 0.156 e. The first kappa shape index (κ1) is 11.8. The third-order valence-electron chi connectivity index (χ3n) is 3.31. The molecular weight excluding hydrogens is 204 g/mol. The maximum Gasteiger partial charge on any atom is 0.156 e. The Morgan fingerprint density at radius 1 is 1.50 bits per heavy atom. The van der Waals surface area contributed by atoms with E-state index in [1.165, 1.54) is 0 Å². The average Bonchev–Trinajstić information content (AvgIpc) is 2.58. The van der Waals surface area contributed by atoms with Gasteiger partial charge in [-0.3, -0.25) is 4.90 Å². The van der Waals surface area contributed by atoms with Crippen LogP contribution in [-0.4, -0.2) is 49.0 Å². The predicted octanol–water partition coefficient (Wildman–Crippen LogP) is 1.17. The molecule has 0 aromatic heterocycles. The minimum Gasteiger partial charge on any atom is -0.371 e. The van der Waals surface area contributed by atoms with E-state index in [0.717, 1.165) is 32.5 Å². The summed E-state index contributed by atoms with van der Waals surface area (Å²) in [6.07, 6.45) is 2.32. The van der Waals surface area contributed by atoms with Gasteiger partial charge in [0.25, 0.3) is 0 Å². The largest absolute Gasteiger partial charge is 0.371 e. The summed E-state index contributed by atoms with van der Waals surface area (Å²) in [6, 6.07) is 2.17. The Morgan fingerprint density at radius 3 is 2.94 bits per heavy atom. The van der Waals surface area contributed by atoms with E-state index < -0.39 is 0 Å². The molecule has 0 N–H and O–H groups in total. The topological polar surface area (TPSA) is 45.5 Å². The Bertz CT molecular complexity index is 285. The zero-order chi connectivity index (χ0) is 11.6. The summed E-state index contributed by atoms with van der Waals surface area (Å²) in [5, 5.41) is 8.82. The molecule has 0 radical (unpaired) electrons. The summed E-state index contributed by atoms with van der Waals surface area (Å²) in [5.74, 6) is 0. The van der Waals surface area contributed by atoms with Crippen LogP contribution >= 0.6 is 0 Å².